The van der Waals surface area contributed by atoms with Crippen molar-refractivity contribution in [3.63, 3.8) is 0 Å². The lowest BCUT2D eigenvalue weighted by Crippen LogP contribution is -2.36. The number of aromatic nitrogens is 1. The Hall–Kier alpha value is -2.94. The zero-order chi connectivity index (χ0) is 23.7. The van der Waals surface area contributed by atoms with Crippen LogP contribution >= 0.6 is 11.6 Å². The minimum atomic E-state index is -2.87. The van der Waals surface area contributed by atoms with E-state index >= 15 is 0 Å². The van der Waals surface area contributed by atoms with E-state index in [0.29, 0.717) is 30.3 Å². The van der Waals surface area contributed by atoms with Gasteiger partial charge < -0.3 is 19.4 Å². The van der Waals surface area contributed by atoms with Gasteiger partial charge in [0.05, 0.1) is 30.5 Å². The molecule has 178 valence electrons. The molecule has 0 amide bonds. The summed E-state index contributed by atoms with van der Waals surface area (Å²) in [6.07, 6.45) is 1.69. The van der Waals surface area contributed by atoms with Crippen LogP contribution in [0.25, 0.3) is 11.1 Å². The summed E-state index contributed by atoms with van der Waals surface area (Å²) in [7, 11) is 1.98. The number of ether oxygens (including phenoxy) is 2. The number of nitrogens with zero attached hydrogens (tertiary/aromatic N) is 4. The lowest BCUT2D eigenvalue weighted by atomic mass is 10.0. The molecule has 1 fully saturated rings. The quantitative estimate of drug-likeness (QED) is 0.476. The van der Waals surface area contributed by atoms with Gasteiger partial charge in [0.25, 0.3) is 0 Å². The number of hydrogen-bond acceptors (Lipinski definition) is 6. The van der Waals surface area contributed by atoms with Crippen molar-refractivity contribution in [2.45, 2.75) is 19.7 Å². The number of morpholine rings is 1. The number of hydrogen-bond donors (Lipinski definition) is 0. The molecule has 0 N–H and O–H groups in total. The Labute approximate surface area is 202 Å². The highest BCUT2D eigenvalue weighted by atomic mass is 35.5. The van der Waals surface area contributed by atoms with Crippen molar-refractivity contribution in [2.24, 2.45) is 0 Å². The first-order valence-electron chi connectivity index (χ1n) is 11.1. The zero-order valence-electron chi connectivity index (χ0n) is 18.8. The SMILES string of the molecule is CN1Cc2ccc(-c3cc(N4CCOCC4)ncc3Cl)cc2N1Cc1ccccc1OC(F)F. The van der Waals surface area contributed by atoms with Crippen molar-refractivity contribution in [1.29, 1.82) is 0 Å². The van der Waals surface area contributed by atoms with E-state index < -0.39 is 6.61 Å². The number of para-hydroxylation sites is 1. The van der Waals surface area contributed by atoms with Crippen LogP contribution in [0.5, 0.6) is 5.75 Å². The van der Waals surface area contributed by atoms with Gasteiger partial charge in [-0.2, -0.15) is 8.78 Å². The number of rotatable bonds is 6. The summed E-state index contributed by atoms with van der Waals surface area (Å²) in [6, 6.07) is 15.2. The van der Waals surface area contributed by atoms with E-state index in [-0.39, 0.29) is 5.75 Å². The first-order chi connectivity index (χ1) is 16.5. The van der Waals surface area contributed by atoms with Gasteiger partial charge in [0.1, 0.15) is 11.6 Å². The Balaban J connectivity index is 1.46. The number of anilines is 2. The van der Waals surface area contributed by atoms with Crippen molar-refractivity contribution in [3.05, 3.63) is 70.9 Å². The molecule has 3 aromatic rings. The van der Waals surface area contributed by atoms with Crippen LogP contribution in [0.2, 0.25) is 5.02 Å². The van der Waals surface area contributed by atoms with Crippen LogP contribution in [0.1, 0.15) is 11.1 Å². The van der Waals surface area contributed by atoms with Gasteiger partial charge in [0.2, 0.25) is 0 Å². The summed E-state index contributed by atoms with van der Waals surface area (Å²) in [6.45, 7) is 1.18. The van der Waals surface area contributed by atoms with Crippen LogP contribution in [0, 0.1) is 0 Å². The maximum atomic E-state index is 12.9. The lowest BCUT2D eigenvalue weighted by Gasteiger charge is -2.29. The second-order valence-corrected chi connectivity index (χ2v) is 8.73. The molecular formula is C25H25ClF2N4O2. The van der Waals surface area contributed by atoms with Gasteiger partial charge in [-0.1, -0.05) is 41.9 Å². The van der Waals surface area contributed by atoms with Gasteiger partial charge in [0, 0.05) is 44.0 Å². The molecule has 0 unspecified atom stereocenters. The van der Waals surface area contributed by atoms with Crippen molar-refractivity contribution in [3.8, 4) is 16.9 Å². The largest absolute Gasteiger partial charge is 0.434 e. The van der Waals surface area contributed by atoms with Crippen LogP contribution in [-0.2, 0) is 17.8 Å². The first-order valence-corrected chi connectivity index (χ1v) is 11.5. The summed E-state index contributed by atoms with van der Waals surface area (Å²) in [5.74, 6) is 1.05. The number of halogens is 3. The molecule has 3 heterocycles. The Morgan fingerprint density at radius 2 is 1.91 bits per heavy atom. The molecule has 5 rings (SSSR count). The van der Waals surface area contributed by atoms with Gasteiger partial charge in [-0.05, 0) is 29.3 Å². The third kappa shape index (κ3) is 4.66. The second kappa shape index (κ2) is 9.74. The van der Waals surface area contributed by atoms with E-state index in [2.05, 4.69) is 38.1 Å². The molecule has 0 aliphatic carbocycles. The maximum absolute atomic E-state index is 12.9. The topological polar surface area (TPSA) is 41.1 Å². The molecule has 9 heteroatoms. The Morgan fingerprint density at radius 3 is 2.71 bits per heavy atom. The highest BCUT2D eigenvalue weighted by molar-refractivity contribution is 6.33. The third-order valence-corrected chi connectivity index (χ3v) is 6.47. The predicted molar refractivity (Wildman–Crippen MR) is 128 cm³/mol. The summed E-state index contributed by atoms with van der Waals surface area (Å²) in [4.78, 5) is 6.71. The Morgan fingerprint density at radius 1 is 1.12 bits per heavy atom. The van der Waals surface area contributed by atoms with Crippen LogP contribution in [-0.4, -0.2) is 50.0 Å². The number of hydrazine groups is 1. The van der Waals surface area contributed by atoms with Crippen molar-refractivity contribution in [2.75, 3.05) is 43.3 Å². The summed E-state index contributed by atoms with van der Waals surface area (Å²) in [5, 5.41) is 4.72. The number of fused-ring (bicyclic) bond motifs is 1. The number of benzene rings is 2. The molecule has 1 aromatic heterocycles. The summed E-state index contributed by atoms with van der Waals surface area (Å²) < 4.78 is 36.0. The van der Waals surface area contributed by atoms with E-state index in [9.17, 15) is 8.78 Å². The highest BCUT2D eigenvalue weighted by Crippen LogP contribution is 2.39. The minimum absolute atomic E-state index is 0.183. The second-order valence-electron chi connectivity index (χ2n) is 8.32. The molecule has 0 radical (unpaired) electrons. The van der Waals surface area contributed by atoms with Gasteiger partial charge in [-0.3, -0.25) is 0 Å². The van der Waals surface area contributed by atoms with Crippen molar-refractivity contribution < 1.29 is 18.3 Å². The van der Waals surface area contributed by atoms with E-state index in [1.54, 1.807) is 18.3 Å². The van der Waals surface area contributed by atoms with E-state index in [0.717, 1.165) is 47.8 Å². The standard InChI is InChI=1S/C25H25ClF2N4O2/c1-30-15-18-7-6-17(20-13-24(29-14-21(20)26)31-8-10-33-11-9-31)12-22(18)32(30)16-19-4-2-3-5-23(19)34-25(27)28/h2-7,12-14,25H,8-11,15-16H2,1H3. The summed E-state index contributed by atoms with van der Waals surface area (Å²) >= 11 is 6.57. The normalized spacial score (nSPS) is 16.3. The fourth-order valence-electron chi connectivity index (χ4n) is 4.45. The van der Waals surface area contributed by atoms with Gasteiger partial charge >= 0.3 is 6.61 Å². The van der Waals surface area contributed by atoms with Gasteiger partial charge in [-0.15, -0.1) is 0 Å². The minimum Gasteiger partial charge on any atom is -0.434 e. The average Bonchev–Trinajstić information content (AvgIpc) is 3.15. The van der Waals surface area contributed by atoms with Crippen LogP contribution in [0.4, 0.5) is 20.3 Å². The number of alkyl halides is 2. The molecule has 0 saturated carbocycles. The van der Waals surface area contributed by atoms with Gasteiger partial charge in [-0.25, -0.2) is 9.99 Å². The van der Waals surface area contributed by atoms with Crippen LogP contribution in [0.3, 0.4) is 0 Å². The van der Waals surface area contributed by atoms with Gasteiger partial charge in [0.15, 0.2) is 0 Å². The first kappa shape index (κ1) is 22.8. The fraction of sp³-hybridized carbons (Fsp3) is 0.320. The van der Waals surface area contributed by atoms with Crippen molar-refractivity contribution >= 4 is 23.1 Å². The lowest BCUT2D eigenvalue weighted by molar-refractivity contribution is -0.0505. The van der Waals surface area contributed by atoms with Crippen LogP contribution < -0.4 is 14.6 Å². The average molecular weight is 487 g/mol. The van der Waals surface area contributed by atoms with E-state index in [4.69, 9.17) is 21.1 Å². The fourth-order valence-corrected chi connectivity index (χ4v) is 4.66. The molecule has 34 heavy (non-hydrogen) atoms. The molecule has 2 aliphatic heterocycles. The predicted octanol–water partition coefficient (Wildman–Crippen LogP) is 5.21. The molecule has 2 aliphatic rings. The van der Waals surface area contributed by atoms with E-state index in [1.807, 2.05) is 25.2 Å². The molecule has 1 saturated heterocycles. The van der Waals surface area contributed by atoms with Crippen LogP contribution in [0.15, 0.2) is 54.7 Å². The Bertz CT molecular complexity index is 1170. The maximum Gasteiger partial charge on any atom is 0.387 e. The molecule has 0 spiro atoms. The molecule has 0 bridgehead atoms. The highest BCUT2D eigenvalue weighted by Gasteiger charge is 2.26. The van der Waals surface area contributed by atoms with Crippen molar-refractivity contribution in [1.82, 2.24) is 9.99 Å². The molecule has 6 nitrogen and oxygen atoms in total. The smallest absolute Gasteiger partial charge is 0.387 e. The summed E-state index contributed by atoms with van der Waals surface area (Å²) in [5.41, 5.74) is 4.71. The third-order valence-electron chi connectivity index (χ3n) is 6.17. The Kier molecular flexibility index (Phi) is 6.54. The molecule has 2 aromatic carbocycles. The molecular weight excluding hydrogens is 462 g/mol. The number of pyridine rings is 1. The monoisotopic (exact) mass is 486 g/mol. The molecule has 0 atom stereocenters. The zero-order valence-corrected chi connectivity index (χ0v) is 19.5. The van der Waals surface area contributed by atoms with E-state index in [1.165, 1.54) is 0 Å².